The summed E-state index contributed by atoms with van der Waals surface area (Å²) >= 11 is 1.07. The summed E-state index contributed by atoms with van der Waals surface area (Å²) < 4.78 is 47.8. The fourth-order valence-corrected chi connectivity index (χ4v) is 4.22. The molecule has 11 heteroatoms. The number of halogens is 3. The van der Waals surface area contributed by atoms with Gasteiger partial charge in [-0.1, -0.05) is 44.7 Å². The Kier molecular flexibility index (Phi) is 8.31. The molecule has 7 nitrogen and oxygen atoms in total. The molecule has 1 N–H and O–H groups in total. The molecule has 0 fully saturated rings. The number of ether oxygens (including phenoxy) is 2. The van der Waals surface area contributed by atoms with Crippen LogP contribution in [0, 0.1) is 5.92 Å². The average molecular weight is 510 g/mol. The molecule has 0 aliphatic carbocycles. The minimum absolute atomic E-state index is 0.0687. The van der Waals surface area contributed by atoms with Crippen LogP contribution in [-0.4, -0.2) is 40.6 Å². The number of anilines is 1. The zero-order valence-corrected chi connectivity index (χ0v) is 20.5. The van der Waals surface area contributed by atoms with Crippen molar-refractivity contribution in [3.05, 3.63) is 53.6 Å². The van der Waals surface area contributed by atoms with E-state index in [1.165, 1.54) is 24.3 Å². The van der Waals surface area contributed by atoms with Crippen LogP contribution in [0.1, 0.15) is 38.3 Å². The smallest absolute Gasteiger partial charge is 0.493 e. The zero-order valence-electron chi connectivity index (χ0n) is 19.7. The number of nitrogens with zero attached hydrogens (tertiary/aromatic N) is 2. The van der Waals surface area contributed by atoms with Crippen molar-refractivity contribution in [2.45, 2.75) is 45.3 Å². The van der Waals surface area contributed by atoms with Gasteiger partial charge in [0.05, 0.1) is 24.6 Å². The number of benzene rings is 2. The third-order valence-corrected chi connectivity index (χ3v) is 6.37. The first-order chi connectivity index (χ1) is 16.5. The summed E-state index contributed by atoms with van der Waals surface area (Å²) in [4.78, 5) is 24.6. The van der Waals surface area contributed by atoms with Crippen LogP contribution < -0.4 is 14.8 Å². The Balaban J connectivity index is 1.87. The van der Waals surface area contributed by atoms with Crippen molar-refractivity contribution >= 4 is 34.3 Å². The minimum Gasteiger partial charge on any atom is -0.493 e. The highest BCUT2D eigenvalue weighted by Crippen LogP contribution is 2.36. The predicted octanol–water partition coefficient (Wildman–Crippen LogP) is 6.04. The topological polar surface area (TPSA) is 80.2 Å². The van der Waals surface area contributed by atoms with Crippen molar-refractivity contribution in [2.24, 2.45) is 11.0 Å². The fourth-order valence-electron chi connectivity index (χ4n) is 3.29. The molecular formula is C24H26F3N3O4S. The Morgan fingerprint density at radius 3 is 2.43 bits per heavy atom. The van der Waals surface area contributed by atoms with Crippen molar-refractivity contribution < 1.29 is 32.2 Å². The van der Waals surface area contributed by atoms with Crippen LogP contribution in [0.3, 0.4) is 0 Å². The molecule has 3 rings (SSSR count). The van der Waals surface area contributed by atoms with Crippen molar-refractivity contribution in [1.29, 1.82) is 0 Å². The van der Waals surface area contributed by atoms with E-state index in [4.69, 9.17) is 4.74 Å². The highest BCUT2D eigenvalue weighted by Gasteiger charge is 2.34. The Hall–Kier alpha value is -3.21. The van der Waals surface area contributed by atoms with Gasteiger partial charge in [0, 0.05) is 17.2 Å². The van der Waals surface area contributed by atoms with E-state index in [0.717, 1.165) is 17.3 Å². The summed E-state index contributed by atoms with van der Waals surface area (Å²) in [5.74, 6) is -0.811. The lowest BCUT2D eigenvalue weighted by atomic mass is 10.0. The molecule has 0 spiro atoms. The Morgan fingerprint density at radius 1 is 1.17 bits per heavy atom. The third-order valence-electron chi connectivity index (χ3n) is 5.12. The van der Waals surface area contributed by atoms with Crippen molar-refractivity contribution in [3.8, 4) is 11.5 Å². The maximum atomic E-state index is 12.9. The summed E-state index contributed by atoms with van der Waals surface area (Å²) in [6, 6.07) is 11.2. The van der Waals surface area contributed by atoms with Crippen LogP contribution in [0.25, 0.3) is 0 Å². The second kappa shape index (κ2) is 11.0. The summed E-state index contributed by atoms with van der Waals surface area (Å²) in [6.07, 6.45) is -4.34. The molecule has 0 saturated heterocycles. The molecule has 188 valence electrons. The molecule has 2 amide bonds. The highest BCUT2D eigenvalue weighted by molar-refractivity contribution is 8.14. The lowest BCUT2D eigenvalue weighted by Crippen LogP contribution is -2.34. The quantitative estimate of drug-likeness (QED) is 0.469. The molecule has 2 aromatic carbocycles. The molecular weight excluding hydrogens is 483 g/mol. The van der Waals surface area contributed by atoms with Gasteiger partial charge in [-0.3, -0.25) is 9.59 Å². The molecule has 35 heavy (non-hydrogen) atoms. The van der Waals surface area contributed by atoms with Crippen molar-refractivity contribution in [1.82, 2.24) is 5.01 Å². The number of hydrogen-bond acceptors (Lipinski definition) is 6. The van der Waals surface area contributed by atoms with Gasteiger partial charge in [-0.25, -0.2) is 5.01 Å². The van der Waals surface area contributed by atoms with Gasteiger partial charge >= 0.3 is 11.6 Å². The molecule has 1 aliphatic heterocycles. The number of hydrogen-bond donors (Lipinski definition) is 1. The normalized spacial score (nSPS) is 16.2. The molecule has 0 radical (unpaired) electrons. The lowest BCUT2D eigenvalue weighted by molar-refractivity contribution is -0.275. The maximum absolute atomic E-state index is 12.9. The summed E-state index contributed by atoms with van der Waals surface area (Å²) in [6.45, 7) is 5.62. The number of alkyl halides is 3. The SMILES string of the molecule is CCC1SC(=O)N(Cc2ccc(NC(=O)C(C)C)cc2)N=C1c1ccc(OC)c(OC(F)(F)F)c1. The van der Waals surface area contributed by atoms with E-state index < -0.39 is 12.1 Å². The van der Waals surface area contributed by atoms with Gasteiger partial charge < -0.3 is 14.8 Å². The van der Waals surface area contributed by atoms with E-state index >= 15 is 0 Å². The molecule has 0 saturated carbocycles. The first-order valence-electron chi connectivity index (χ1n) is 10.9. The number of rotatable bonds is 8. The highest BCUT2D eigenvalue weighted by atomic mass is 32.2. The van der Waals surface area contributed by atoms with Gasteiger partial charge in [-0.2, -0.15) is 5.10 Å². The number of thioether (sulfide) groups is 1. The van der Waals surface area contributed by atoms with E-state index in [0.29, 0.717) is 23.4 Å². The number of carbonyl (C=O) groups excluding carboxylic acids is 2. The van der Waals surface area contributed by atoms with E-state index in [-0.39, 0.29) is 34.6 Å². The van der Waals surface area contributed by atoms with Gasteiger partial charge in [-0.15, -0.1) is 13.2 Å². The Morgan fingerprint density at radius 2 is 1.86 bits per heavy atom. The molecule has 1 aliphatic rings. The third kappa shape index (κ3) is 6.91. The van der Waals surface area contributed by atoms with Gasteiger partial charge in [0.15, 0.2) is 11.5 Å². The summed E-state index contributed by atoms with van der Waals surface area (Å²) in [5.41, 5.74) is 2.27. The number of hydrazone groups is 1. The van der Waals surface area contributed by atoms with Gasteiger partial charge in [0.1, 0.15) is 0 Å². The van der Waals surface area contributed by atoms with Crippen LogP contribution in [0.15, 0.2) is 47.6 Å². The first-order valence-corrected chi connectivity index (χ1v) is 11.8. The van der Waals surface area contributed by atoms with Crippen LogP contribution >= 0.6 is 11.8 Å². The second-order valence-electron chi connectivity index (χ2n) is 8.08. The predicted molar refractivity (Wildman–Crippen MR) is 129 cm³/mol. The maximum Gasteiger partial charge on any atom is 0.573 e. The van der Waals surface area contributed by atoms with Crippen molar-refractivity contribution in [3.63, 3.8) is 0 Å². The summed E-state index contributed by atoms with van der Waals surface area (Å²) in [7, 11) is 1.25. The minimum atomic E-state index is -4.89. The van der Waals surface area contributed by atoms with E-state index in [1.54, 1.807) is 44.2 Å². The standard InChI is InChI=1S/C24H26F3N3O4S/c1-5-20-21(16-8-11-18(33-4)19(12-16)34-24(25,26)27)29-30(23(32)35-20)13-15-6-9-17(10-7-15)28-22(31)14(2)3/h6-12,14,20H,5,13H2,1-4H3,(H,28,31). The van der Waals surface area contributed by atoms with Crippen LogP contribution in [0.5, 0.6) is 11.5 Å². The fraction of sp³-hybridized carbons (Fsp3) is 0.375. The second-order valence-corrected chi connectivity index (χ2v) is 9.23. The number of nitrogens with one attached hydrogen (secondary N) is 1. The first kappa shape index (κ1) is 26.4. The number of methoxy groups -OCH3 is 1. The monoisotopic (exact) mass is 509 g/mol. The molecule has 1 unspecified atom stereocenters. The number of amides is 2. The Labute approximate surface area is 205 Å². The average Bonchev–Trinajstić information content (AvgIpc) is 2.80. The molecule has 0 bridgehead atoms. The molecule has 1 atom stereocenters. The van der Waals surface area contributed by atoms with Crippen LogP contribution in [0.4, 0.5) is 23.7 Å². The van der Waals surface area contributed by atoms with Gasteiger partial charge in [0.25, 0.3) is 0 Å². The van der Waals surface area contributed by atoms with E-state index in [9.17, 15) is 22.8 Å². The van der Waals surface area contributed by atoms with Crippen molar-refractivity contribution in [2.75, 3.05) is 12.4 Å². The molecule has 1 heterocycles. The van der Waals surface area contributed by atoms with Gasteiger partial charge in [-0.05, 0) is 42.3 Å². The molecule has 0 aromatic heterocycles. The number of carbonyl (C=O) groups is 2. The Bertz CT molecular complexity index is 1100. The van der Waals surface area contributed by atoms with Crippen LogP contribution in [-0.2, 0) is 11.3 Å². The molecule has 2 aromatic rings. The van der Waals surface area contributed by atoms with E-state index in [2.05, 4.69) is 15.2 Å². The summed E-state index contributed by atoms with van der Waals surface area (Å²) in [5, 5.41) is 7.98. The van der Waals surface area contributed by atoms with E-state index in [1.807, 2.05) is 6.92 Å². The zero-order chi connectivity index (χ0) is 25.8. The van der Waals surface area contributed by atoms with Gasteiger partial charge in [0.2, 0.25) is 5.91 Å². The van der Waals surface area contributed by atoms with Crippen LogP contribution in [0.2, 0.25) is 0 Å². The lowest BCUT2D eigenvalue weighted by Gasteiger charge is -2.28. The largest absolute Gasteiger partial charge is 0.573 e.